The molecule has 0 bridgehead atoms. The van der Waals surface area contributed by atoms with E-state index in [-0.39, 0.29) is 0 Å². The molecule has 1 rings (SSSR count). The van der Waals surface area contributed by atoms with Crippen LogP contribution in [0.4, 0.5) is 0 Å². The lowest BCUT2D eigenvalue weighted by molar-refractivity contribution is -0.149. The number of hydrogen-bond acceptors (Lipinski definition) is 3. The maximum absolute atomic E-state index is 10.4. The van der Waals surface area contributed by atoms with Gasteiger partial charge in [0.15, 0.2) is 6.10 Å². The fourth-order valence-electron chi connectivity index (χ4n) is 0.971. The second kappa shape index (κ2) is 5.34. The first-order valence-electron chi connectivity index (χ1n) is 4.43. The van der Waals surface area contributed by atoms with Gasteiger partial charge in [0.2, 0.25) is 0 Å². The van der Waals surface area contributed by atoms with Crippen LogP contribution < -0.4 is 0 Å². The zero-order chi connectivity index (χ0) is 10.4. The Balaban J connectivity index is 2.26. The summed E-state index contributed by atoms with van der Waals surface area (Å²) >= 11 is 0. The van der Waals surface area contributed by atoms with Crippen molar-refractivity contribution < 1.29 is 14.6 Å². The quantitative estimate of drug-likeness (QED) is 0.764. The van der Waals surface area contributed by atoms with Gasteiger partial charge in [0.25, 0.3) is 0 Å². The van der Waals surface area contributed by atoms with Gasteiger partial charge in [-0.2, -0.15) is 0 Å². The van der Waals surface area contributed by atoms with E-state index in [0.717, 1.165) is 5.56 Å². The molecule has 1 N–H and O–H groups in total. The van der Waals surface area contributed by atoms with Crippen LogP contribution in [0, 0.1) is 0 Å². The number of carboxylic acids is 1. The summed E-state index contributed by atoms with van der Waals surface area (Å²) in [5.41, 5.74) is 1.05. The molecule has 0 aromatic carbocycles. The Morgan fingerprint density at radius 3 is 3.07 bits per heavy atom. The van der Waals surface area contributed by atoms with E-state index < -0.39 is 12.1 Å². The average molecular weight is 195 g/mol. The third-order valence-electron chi connectivity index (χ3n) is 1.83. The molecule has 0 fully saturated rings. The Hall–Kier alpha value is -1.42. The van der Waals surface area contributed by atoms with E-state index >= 15 is 0 Å². The zero-order valence-electron chi connectivity index (χ0n) is 8.01. The Bertz CT molecular complexity index is 287. The van der Waals surface area contributed by atoms with Crippen LogP contribution in [0.2, 0.25) is 0 Å². The van der Waals surface area contributed by atoms with Gasteiger partial charge in [0.05, 0.1) is 6.61 Å². The lowest BCUT2D eigenvalue weighted by Crippen LogP contribution is -2.20. The van der Waals surface area contributed by atoms with E-state index in [2.05, 4.69) is 4.98 Å². The van der Waals surface area contributed by atoms with Crippen molar-refractivity contribution in [1.82, 2.24) is 4.98 Å². The fraction of sp³-hybridized carbons (Fsp3) is 0.400. The van der Waals surface area contributed by atoms with Gasteiger partial charge in [-0.05, 0) is 25.0 Å². The molecular formula is C10H13NO3. The third-order valence-corrected chi connectivity index (χ3v) is 1.83. The molecule has 0 unspecified atom stereocenters. The normalized spacial score (nSPS) is 12.4. The largest absolute Gasteiger partial charge is 0.479 e. The first-order chi connectivity index (χ1) is 6.70. The lowest BCUT2D eigenvalue weighted by Gasteiger charge is -2.07. The maximum atomic E-state index is 10.4. The molecule has 1 atom stereocenters. The number of carboxylic acid groups (broad SMARTS) is 1. The summed E-state index contributed by atoms with van der Waals surface area (Å²) in [7, 11) is 0. The predicted octanol–water partition coefficient (Wildman–Crippen LogP) is 1.11. The number of hydrogen-bond donors (Lipinski definition) is 1. The summed E-state index contributed by atoms with van der Waals surface area (Å²) in [5.74, 6) is -0.934. The third kappa shape index (κ3) is 3.53. The number of ether oxygens (including phenoxy) is 1. The first-order valence-corrected chi connectivity index (χ1v) is 4.43. The zero-order valence-corrected chi connectivity index (χ0v) is 8.01. The number of carbonyl (C=O) groups is 1. The van der Waals surface area contributed by atoms with Crippen LogP contribution in [0.3, 0.4) is 0 Å². The van der Waals surface area contributed by atoms with Crippen LogP contribution in [0.25, 0.3) is 0 Å². The van der Waals surface area contributed by atoms with Gasteiger partial charge in [-0.15, -0.1) is 0 Å². The summed E-state index contributed by atoms with van der Waals surface area (Å²) in [4.78, 5) is 14.3. The molecule has 0 aliphatic rings. The van der Waals surface area contributed by atoms with Crippen molar-refractivity contribution in [2.45, 2.75) is 19.4 Å². The highest BCUT2D eigenvalue weighted by Crippen LogP contribution is 1.99. The molecule has 0 aliphatic heterocycles. The van der Waals surface area contributed by atoms with Crippen LogP contribution in [-0.4, -0.2) is 28.8 Å². The van der Waals surface area contributed by atoms with E-state index in [0.29, 0.717) is 13.0 Å². The molecule has 1 aromatic heterocycles. The Labute approximate surface area is 82.5 Å². The van der Waals surface area contributed by atoms with Crippen molar-refractivity contribution in [1.29, 1.82) is 0 Å². The summed E-state index contributed by atoms with van der Waals surface area (Å²) in [6.45, 7) is 1.92. The Morgan fingerprint density at radius 2 is 2.50 bits per heavy atom. The lowest BCUT2D eigenvalue weighted by atomic mass is 10.2. The Kier molecular flexibility index (Phi) is 4.07. The van der Waals surface area contributed by atoms with E-state index in [1.165, 1.54) is 6.92 Å². The number of aromatic nitrogens is 1. The number of aliphatic carboxylic acids is 1. The smallest absolute Gasteiger partial charge is 0.332 e. The summed E-state index contributed by atoms with van der Waals surface area (Å²) < 4.78 is 5.08. The second-order valence-electron chi connectivity index (χ2n) is 2.96. The van der Waals surface area contributed by atoms with Gasteiger partial charge in [0.1, 0.15) is 0 Å². The molecule has 0 saturated carbocycles. The van der Waals surface area contributed by atoms with Crippen molar-refractivity contribution >= 4 is 5.97 Å². The summed E-state index contributed by atoms with van der Waals surface area (Å²) in [5, 5.41) is 8.54. The predicted molar refractivity (Wildman–Crippen MR) is 51.0 cm³/mol. The van der Waals surface area contributed by atoms with Crippen LogP contribution in [0.1, 0.15) is 12.5 Å². The molecule has 14 heavy (non-hydrogen) atoms. The van der Waals surface area contributed by atoms with Gasteiger partial charge >= 0.3 is 5.97 Å². The van der Waals surface area contributed by atoms with Crippen molar-refractivity contribution in [3.05, 3.63) is 30.1 Å². The standard InChI is InChI=1S/C10H13NO3/c1-8(10(12)13)14-6-4-9-3-2-5-11-7-9/h2-3,5,7-8H,4,6H2,1H3,(H,12,13)/t8-/m1/s1. The molecule has 4 heteroatoms. The highest BCUT2D eigenvalue weighted by Gasteiger charge is 2.09. The number of nitrogens with zero attached hydrogens (tertiary/aromatic N) is 1. The summed E-state index contributed by atoms with van der Waals surface area (Å²) in [6, 6.07) is 3.78. The van der Waals surface area contributed by atoms with Crippen LogP contribution in [-0.2, 0) is 16.0 Å². The van der Waals surface area contributed by atoms with E-state index in [1.807, 2.05) is 12.1 Å². The van der Waals surface area contributed by atoms with E-state index in [1.54, 1.807) is 12.4 Å². The van der Waals surface area contributed by atoms with Crippen molar-refractivity contribution in [2.24, 2.45) is 0 Å². The van der Waals surface area contributed by atoms with Gasteiger partial charge in [-0.3, -0.25) is 4.98 Å². The topological polar surface area (TPSA) is 59.4 Å². The van der Waals surface area contributed by atoms with Crippen LogP contribution in [0.5, 0.6) is 0 Å². The molecule has 0 spiro atoms. The molecule has 0 amide bonds. The maximum Gasteiger partial charge on any atom is 0.332 e. The molecule has 4 nitrogen and oxygen atoms in total. The number of rotatable bonds is 5. The molecule has 1 heterocycles. The SMILES string of the molecule is C[C@@H](OCCc1cccnc1)C(=O)O. The molecule has 0 saturated heterocycles. The van der Waals surface area contributed by atoms with Crippen LogP contribution in [0.15, 0.2) is 24.5 Å². The van der Waals surface area contributed by atoms with E-state index in [4.69, 9.17) is 9.84 Å². The summed E-state index contributed by atoms with van der Waals surface area (Å²) in [6.07, 6.45) is 3.39. The van der Waals surface area contributed by atoms with Gasteiger partial charge in [0, 0.05) is 12.4 Å². The van der Waals surface area contributed by atoms with Crippen molar-refractivity contribution in [3.8, 4) is 0 Å². The van der Waals surface area contributed by atoms with Crippen molar-refractivity contribution in [2.75, 3.05) is 6.61 Å². The van der Waals surface area contributed by atoms with Crippen LogP contribution >= 0.6 is 0 Å². The Morgan fingerprint density at radius 1 is 1.71 bits per heavy atom. The average Bonchev–Trinajstić information content (AvgIpc) is 2.19. The minimum absolute atomic E-state index is 0.402. The highest BCUT2D eigenvalue weighted by atomic mass is 16.5. The van der Waals surface area contributed by atoms with Gasteiger partial charge in [-0.25, -0.2) is 4.79 Å². The number of pyridine rings is 1. The molecule has 1 aromatic rings. The van der Waals surface area contributed by atoms with Gasteiger partial charge < -0.3 is 9.84 Å². The first kappa shape index (κ1) is 10.7. The highest BCUT2D eigenvalue weighted by molar-refractivity contribution is 5.71. The monoisotopic (exact) mass is 195 g/mol. The van der Waals surface area contributed by atoms with Crippen molar-refractivity contribution in [3.63, 3.8) is 0 Å². The molecule has 0 radical (unpaired) electrons. The minimum Gasteiger partial charge on any atom is -0.479 e. The molecule has 76 valence electrons. The minimum atomic E-state index is -0.934. The fourth-order valence-corrected chi connectivity index (χ4v) is 0.971. The second-order valence-corrected chi connectivity index (χ2v) is 2.96. The van der Waals surface area contributed by atoms with Gasteiger partial charge in [-0.1, -0.05) is 6.07 Å². The van der Waals surface area contributed by atoms with E-state index in [9.17, 15) is 4.79 Å². The molecular weight excluding hydrogens is 182 g/mol. The molecule has 0 aliphatic carbocycles.